The second-order valence-electron chi connectivity index (χ2n) is 14.4. The van der Waals surface area contributed by atoms with Gasteiger partial charge in [0.1, 0.15) is 6.79 Å². The zero-order valence-electron chi connectivity index (χ0n) is 23.0. The lowest BCUT2D eigenvalue weighted by Gasteiger charge is -2.72. The van der Waals surface area contributed by atoms with E-state index in [0.717, 1.165) is 31.6 Å². The van der Waals surface area contributed by atoms with Gasteiger partial charge in [-0.25, -0.2) is 0 Å². The van der Waals surface area contributed by atoms with Gasteiger partial charge in [-0.05, 0) is 116 Å². The highest BCUT2D eigenvalue weighted by Crippen LogP contribution is 2.76. The van der Waals surface area contributed by atoms with Gasteiger partial charge >= 0.3 is 0 Å². The van der Waals surface area contributed by atoms with E-state index in [1.165, 1.54) is 44.2 Å². The molecule has 0 aromatic heterocycles. The Morgan fingerprint density at radius 3 is 2.26 bits per heavy atom. The Bertz CT molecular complexity index is 839. The van der Waals surface area contributed by atoms with Crippen molar-refractivity contribution in [3.05, 3.63) is 0 Å². The smallest absolute Gasteiger partial charge is 0.144 e. The Balaban J connectivity index is 1.55. The van der Waals surface area contributed by atoms with Gasteiger partial charge < -0.3 is 14.9 Å². The van der Waals surface area contributed by atoms with Crippen LogP contribution >= 0.6 is 0 Å². The Labute approximate surface area is 208 Å². The average Bonchev–Trinajstić information content (AvgIpc) is 3.16. The van der Waals surface area contributed by atoms with Gasteiger partial charge in [0.2, 0.25) is 0 Å². The van der Waals surface area contributed by atoms with Crippen molar-refractivity contribution in [1.82, 2.24) is 0 Å². The first-order valence-corrected chi connectivity index (χ1v) is 14.3. The average molecular weight is 474 g/mol. The van der Waals surface area contributed by atoms with Crippen molar-refractivity contribution in [1.29, 1.82) is 0 Å². The van der Waals surface area contributed by atoms with E-state index in [1.807, 2.05) is 7.05 Å². The number of aliphatic hydroxyl groups excluding tert-OH is 2. The molecule has 0 saturated heterocycles. The van der Waals surface area contributed by atoms with E-state index in [9.17, 15) is 10.2 Å². The van der Waals surface area contributed by atoms with E-state index in [4.69, 9.17) is 4.74 Å². The highest BCUT2D eigenvalue weighted by Gasteiger charge is 2.71. The fourth-order valence-electron chi connectivity index (χ4n) is 11.5. The standard InChI is InChI=1S/C30H51NO3/c1-19(31-7)20-10-15-30(34-18-32)17-16-28(5)21(25(20)30)8-9-23-27(4)13-12-24(33)26(2,3)22(27)11-14-29(23,28)6/h20-25,32-33H,8-18H2,1-7H3/t20?,21?,22?,23?,24?,25?,27-,28?,29+,30?/m0/s1. The third kappa shape index (κ3) is 3.03. The SMILES string of the molecule is CN=C(C)C1CCC2(OCO)CCC3(C)C(CCC4[C@@]5(C)CCC(O)C(C)(C)C5CC[C@]43C)C12. The summed E-state index contributed by atoms with van der Waals surface area (Å²) >= 11 is 0. The number of fused-ring (bicyclic) bond motifs is 7. The lowest BCUT2D eigenvalue weighted by Crippen LogP contribution is -2.67. The number of aliphatic imine (C=N–C) groups is 1. The minimum atomic E-state index is -0.170. The maximum absolute atomic E-state index is 10.9. The number of hydrogen-bond donors (Lipinski definition) is 2. The molecule has 0 aliphatic heterocycles. The van der Waals surface area contributed by atoms with Crippen molar-refractivity contribution >= 4 is 5.71 Å². The molecule has 5 rings (SSSR count). The van der Waals surface area contributed by atoms with Gasteiger partial charge in [0.15, 0.2) is 0 Å². The molecule has 5 aliphatic rings. The van der Waals surface area contributed by atoms with E-state index >= 15 is 0 Å². The van der Waals surface area contributed by atoms with Crippen LogP contribution in [-0.2, 0) is 4.74 Å². The van der Waals surface area contributed by atoms with E-state index in [0.29, 0.717) is 34.5 Å². The van der Waals surface area contributed by atoms with Gasteiger partial charge in [0, 0.05) is 18.7 Å². The van der Waals surface area contributed by atoms with Gasteiger partial charge in [-0.1, -0.05) is 34.6 Å². The molecule has 0 amide bonds. The van der Waals surface area contributed by atoms with Crippen LogP contribution in [0.4, 0.5) is 0 Å². The molecule has 4 heteroatoms. The summed E-state index contributed by atoms with van der Waals surface area (Å²) in [4.78, 5) is 4.67. The largest absolute Gasteiger partial charge is 0.393 e. The molecule has 5 saturated carbocycles. The minimum Gasteiger partial charge on any atom is -0.393 e. The number of ether oxygens (including phenoxy) is 1. The molecule has 0 aromatic rings. The Kier molecular flexibility index (Phi) is 5.95. The van der Waals surface area contributed by atoms with E-state index < -0.39 is 0 Å². The molecule has 5 fully saturated rings. The Morgan fingerprint density at radius 2 is 1.59 bits per heavy atom. The summed E-state index contributed by atoms with van der Waals surface area (Å²) in [6.45, 7) is 14.7. The van der Waals surface area contributed by atoms with Crippen LogP contribution in [0.25, 0.3) is 0 Å². The summed E-state index contributed by atoms with van der Waals surface area (Å²) in [5.41, 5.74) is 2.03. The summed E-state index contributed by atoms with van der Waals surface area (Å²) < 4.78 is 6.30. The van der Waals surface area contributed by atoms with Crippen molar-refractivity contribution in [2.45, 2.75) is 117 Å². The fourth-order valence-corrected chi connectivity index (χ4v) is 11.5. The van der Waals surface area contributed by atoms with Gasteiger partial charge in [-0.2, -0.15) is 0 Å². The zero-order valence-corrected chi connectivity index (χ0v) is 23.0. The second-order valence-corrected chi connectivity index (χ2v) is 14.4. The number of rotatable bonds is 3. The van der Waals surface area contributed by atoms with E-state index in [2.05, 4.69) is 46.5 Å². The fraction of sp³-hybridized carbons (Fsp3) is 0.967. The third-order valence-electron chi connectivity index (χ3n) is 13.6. The van der Waals surface area contributed by atoms with Gasteiger partial charge in [0.05, 0.1) is 11.7 Å². The van der Waals surface area contributed by atoms with Crippen LogP contribution in [0.15, 0.2) is 4.99 Å². The van der Waals surface area contributed by atoms with Crippen LogP contribution in [0.3, 0.4) is 0 Å². The summed E-state index contributed by atoms with van der Waals surface area (Å²) in [5.74, 6) is 2.91. The van der Waals surface area contributed by atoms with E-state index in [-0.39, 0.29) is 29.3 Å². The molecule has 0 spiro atoms. The van der Waals surface area contributed by atoms with Gasteiger partial charge in [0.25, 0.3) is 0 Å². The molecule has 8 unspecified atom stereocenters. The van der Waals surface area contributed by atoms with E-state index in [1.54, 1.807) is 0 Å². The first-order valence-electron chi connectivity index (χ1n) is 14.3. The highest BCUT2D eigenvalue weighted by molar-refractivity contribution is 5.85. The van der Waals surface area contributed by atoms with Crippen molar-refractivity contribution in [2.75, 3.05) is 13.8 Å². The summed E-state index contributed by atoms with van der Waals surface area (Å²) in [5, 5.41) is 20.8. The maximum Gasteiger partial charge on any atom is 0.144 e. The van der Waals surface area contributed by atoms with Crippen molar-refractivity contribution in [3.8, 4) is 0 Å². The molecule has 0 heterocycles. The van der Waals surface area contributed by atoms with Crippen LogP contribution in [-0.4, -0.2) is 41.5 Å². The van der Waals surface area contributed by atoms with Crippen molar-refractivity contribution in [3.63, 3.8) is 0 Å². The third-order valence-corrected chi connectivity index (χ3v) is 13.6. The summed E-state index contributed by atoms with van der Waals surface area (Å²) in [7, 11) is 1.95. The summed E-state index contributed by atoms with van der Waals surface area (Å²) in [6, 6.07) is 0. The molecule has 10 atom stereocenters. The molecule has 0 radical (unpaired) electrons. The van der Waals surface area contributed by atoms with Crippen LogP contribution < -0.4 is 0 Å². The number of aliphatic hydroxyl groups is 2. The quantitative estimate of drug-likeness (QED) is 0.377. The predicted molar refractivity (Wildman–Crippen MR) is 138 cm³/mol. The molecular formula is C30H51NO3. The number of hydrogen-bond acceptors (Lipinski definition) is 4. The normalized spacial score (nSPS) is 54.6. The van der Waals surface area contributed by atoms with Crippen molar-refractivity contribution in [2.24, 2.45) is 56.2 Å². The monoisotopic (exact) mass is 473 g/mol. The minimum absolute atomic E-state index is 0.00795. The first kappa shape index (κ1) is 25.2. The van der Waals surface area contributed by atoms with Crippen molar-refractivity contribution < 1.29 is 14.9 Å². The molecule has 5 aliphatic carbocycles. The maximum atomic E-state index is 10.9. The van der Waals surface area contributed by atoms with Gasteiger partial charge in [-0.15, -0.1) is 0 Å². The van der Waals surface area contributed by atoms with Crippen LogP contribution in [0, 0.1) is 51.2 Å². The molecule has 194 valence electrons. The summed E-state index contributed by atoms with van der Waals surface area (Å²) in [6.07, 6.45) is 11.6. The first-order chi connectivity index (χ1) is 15.9. The Hall–Kier alpha value is -0.450. The molecular weight excluding hydrogens is 422 g/mol. The van der Waals surface area contributed by atoms with Crippen LogP contribution in [0.5, 0.6) is 0 Å². The number of nitrogens with zero attached hydrogens (tertiary/aromatic N) is 1. The topological polar surface area (TPSA) is 62.0 Å². The second kappa shape index (κ2) is 8.02. The van der Waals surface area contributed by atoms with Crippen LogP contribution in [0.2, 0.25) is 0 Å². The lowest BCUT2D eigenvalue weighted by atomic mass is 9.33. The highest BCUT2D eigenvalue weighted by atomic mass is 16.6. The molecule has 0 bridgehead atoms. The van der Waals surface area contributed by atoms with Gasteiger partial charge in [-0.3, -0.25) is 4.99 Å². The predicted octanol–water partition coefficient (Wildman–Crippen LogP) is 6.24. The Morgan fingerprint density at radius 1 is 0.853 bits per heavy atom. The molecule has 0 aromatic carbocycles. The molecule has 4 nitrogen and oxygen atoms in total. The zero-order chi connectivity index (χ0) is 24.7. The van der Waals surface area contributed by atoms with Crippen LogP contribution in [0.1, 0.15) is 106 Å². The lowest BCUT2D eigenvalue weighted by molar-refractivity contribution is -0.264. The molecule has 34 heavy (non-hydrogen) atoms. The molecule has 2 N–H and O–H groups in total.